The molecule has 0 spiro atoms. The normalized spacial score (nSPS) is 16.2. The van der Waals surface area contributed by atoms with Crippen LogP contribution in [0.25, 0.3) is 0 Å². The molecule has 1 fully saturated rings. The molecule has 3 rings (SSSR count). The lowest BCUT2D eigenvalue weighted by atomic mass is 10.1. The standard InChI is InChI=1S/C17H19N3O3/c18-15-7-4-10-20(16(15)21)14-8-11-19(12-9-14)23-17(22)13-5-2-1-3-6-13/h1-7,10,14H,8-9,11-12,18H2. The van der Waals surface area contributed by atoms with Crippen molar-refractivity contribution in [3.05, 3.63) is 64.6 Å². The minimum absolute atomic E-state index is 0.0812. The van der Waals surface area contributed by atoms with Gasteiger partial charge in [-0.15, -0.1) is 5.06 Å². The van der Waals surface area contributed by atoms with Crippen molar-refractivity contribution in [3.8, 4) is 0 Å². The second kappa shape index (κ2) is 6.66. The molecule has 1 aromatic heterocycles. The molecule has 0 bridgehead atoms. The Kier molecular flexibility index (Phi) is 4.43. The third kappa shape index (κ3) is 3.43. The predicted molar refractivity (Wildman–Crippen MR) is 86.8 cm³/mol. The van der Waals surface area contributed by atoms with Gasteiger partial charge in [0.1, 0.15) is 0 Å². The molecule has 1 saturated heterocycles. The van der Waals surface area contributed by atoms with E-state index in [-0.39, 0.29) is 23.3 Å². The number of carbonyl (C=O) groups is 1. The number of nitrogens with two attached hydrogens (primary N) is 1. The van der Waals surface area contributed by atoms with E-state index in [1.54, 1.807) is 52.2 Å². The summed E-state index contributed by atoms with van der Waals surface area (Å²) in [6, 6.07) is 12.4. The number of anilines is 1. The average Bonchev–Trinajstić information content (AvgIpc) is 2.59. The summed E-state index contributed by atoms with van der Waals surface area (Å²) in [4.78, 5) is 29.5. The fraction of sp³-hybridized carbons (Fsp3) is 0.294. The molecule has 0 unspecified atom stereocenters. The number of hydrogen-bond donors (Lipinski definition) is 1. The summed E-state index contributed by atoms with van der Waals surface area (Å²) in [5.74, 6) is -0.356. The Balaban J connectivity index is 1.59. The Bertz CT molecular complexity index is 734. The Morgan fingerprint density at radius 1 is 1.09 bits per heavy atom. The van der Waals surface area contributed by atoms with Crippen LogP contribution in [0.4, 0.5) is 5.69 Å². The van der Waals surface area contributed by atoms with Crippen LogP contribution >= 0.6 is 0 Å². The number of benzene rings is 1. The van der Waals surface area contributed by atoms with Crippen molar-refractivity contribution in [2.24, 2.45) is 0 Å². The third-order valence-corrected chi connectivity index (χ3v) is 4.04. The molecular weight excluding hydrogens is 294 g/mol. The van der Waals surface area contributed by atoms with Crippen molar-refractivity contribution in [1.82, 2.24) is 9.63 Å². The van der Waals surface area contributed by atoms with Gasteiger partial charge >= 0.3 is 5.97 Å². The maximum absolute atomic E-state index is 12.1. The van der Waals surface area contributed by atoms with Gasteiger partial charge in [0.25, 0.3) is 5.56 Å². The maximum atomic E-state index is 12.1. The van der Waals surface area contributed by atoms with Crippen molar-refractivity contribution >= 4 is 11.7 Å². The largest absolute Gasteiger partial charge is 0.394 e. The molecule has 0 atom stereocenters. The molecule has 2 aromatic rings. The lowest BCUT2D eigenvalue weighted by Gasteiger charge is -2.31. The van der Waals surface area contributed by atoms with Gasteiger partial charge in [-0.1, -0.05) is 18.2 Å². The second-order valence-electron chi connectivity index (χ2n) is 5.58. The van der Waals surface area contributed by atoms with Crippen LogP contribution in [-0.4, -0.2) is 28.7 Å². The number of pyridine rings is 1. The Labute approximate surface area is 134 Å². The molecular formula is C17H19N3O3. The summed E-state index contributed by atoms with van der Waals surface area (Å²) >= 11 is 0. The van der Waals surface area contributed by atoms with Crippen LogP contribution < -0.4 is 11.3 Å². The summed E-state index contributed by atoms with van der Waals surface area (Å²) in [7, 11) is 0. The van der Waals surface area contributed by atoms with Crippen molar-refractivity contribution in [1.29, 1.82) is 0 Å². The quantitative estimate of drug-likeness (QED) is 0.935. The monoisotopic (exact) mass is 313 g/mol. The molecule has 1 aromatic carbocycles. The molecule has 6 nitrogen and oxygen atoms in total. The van der Waals surface area contributed by atoms with Crippen LogP contribution in [0.15, 0.2) is 53.5 Å². The van der Waals surface area contributed by atoms with Crippen molar-refractivity contribution in [3.63, 3.8) is 0 Å². The number of hydrogen-bond acceptors (Lipinski definition) is 5. The first-order valence-electron chi connectivity index (χ1n) is 7.64. The van der Waals surface area contributed by atoms with E-state index >= 15 is 0 Å². The first-order chi connectivity index (χ1) is 11.1. The highest BCUT2D eigenvalue weighted by Gasteiger charge is 2.24. The summed E-state index contributed by atoms with van der Waals surface area (Å²) in [5, 5.41) is 1.66. The van der Waals surface area contributed by atoms with Crippen molar-refractivity contribution in [2.45, 2.75) is 18.9 Å². The Morgan fingerprint density at radius 3 is 2.48 bits per heavy atom. The van der Waals surface area contributed by atoms with Crippen LogP contribution in [0.3, 0.4) is 0 Å². The maximum Gasteiger partial charge on any atom is 0.357 e. The van der Waals surface area contributed by atoms with Crippen LogP contribution in [0.5, 0.6) is 0 Å². The zero-order chi connectivity index (χ0) is 16.2. The van der Waals surface area contributed by atoms with E-state index in [9.17, 15) is 9.59 Å². The van der Waals surface area contributed by atoms with Crippen LogP contribution in [0.1, 0.15) is 29.2 Å². The summed E-state index contributed by atoms with van der Waals surface area (Å²) in [6.07, 6.45) is 3.21. The summed E-state index contributed by atoms with van der Waals surface area (Å²) in [6.45, 7) is 1.18. The van der Waals surface area contributed by atoms with Crippen LogP contribution in [-0.2, 0) is 4.84 Å². The van der Waals surface area contributed by atoms with Gasteiger partial charge in [-0.25, -0.2) is 4.79 Å². The zero-order valence-corrected chi connectivity index (χ0v) is 12.7. The highest BCUT2D eigenvalue weighted by molar-refractivity contribution is 5.89. The first kappa shape index (κ1) is 15.3. The van der Waals surface area contributed by atoms with Gasteiger partial charge in [-0.3, -0.25) is 4.79 Å². The van der Waals surface area contributed by atoms with Gasteiger partial charge in [-0.2, -0.15) is 0 Å². The van der Waals surface area contributed by atoms with Crippen LogP contribution in [0.2, 0.25) is 0 Å². The average molecular weight is 313 g/mol. The topological polar surface area (TPSA) is 77.6 Å². The van der Waals surface area contributed by atoms with E-state index in [4.69, 9.17) is 10.6 Å². The van der Waals surface area contributed by atoms with Gasteiger partial charge in [0.05, 0.1) is 11.3 Å². The number of piperidine rings is 1. The van der Waals surface area contributed by atoms with Gasteiger partial charge < -0.3 is 15.1 Å². The third-order valence-electron chi connectivity index (χ3n) is 4.04. The van der Waals surface area contributed by atoms with Gasteiger partial charge in [0, 0.05) is 25.3 Å². The first-order valence-corrected chi connectivity index (χ1v) is 7.64. The van der Waals surface area contributed by atoms with Gasteiger partial charge in [0.2, 0.25) is 0 Å². The van der Waals surface area contributed by atoms with E-state index in [0.717, 1.165) is 12.8 Å². The van der Waals surface area contributed by atoms with E-state index in [1.165, 1.54) is 0 Å². The fourth-order valence-corrected chi connectivity index (χ4v) is 2.77. The van der Waals surface area contributed by atoms with E-state index in [2.05, 4.69) is 0 Å². The van der Waals surface area contributed by atoms with Gasteiger partial charge in [-0.05, 0) is 37.1 Å². The number of rotatable bonds is 3. The van der Waals surface area contributed by atoms with Crippen LogP contribution in [0, 0.1) is 0 Å². The minimum atomic E-state index is -0.356. The Morgan fingerprint density at radius 2 is 1.78 bits per heavy atom. The molecule has 0 radical (unpaired) electrons. The number of nitrogen functional groups attached to an aromatic ring is 1. The molecule has 0 aliphatic carbocycles. The second-order valence-corrected chi connectivity index (χ2v) is 5.58. The number of nitrogens with zero attached hydrogens (tertiary/aromatic N) is 2. The highest BCUT2D eigenvalue weighted by Crippen LogP contribution is 2.22. The van der Waals surface area contributed by atoms with Gasteiger partial charge in [0.15, 0.2) is 0 Å². The molecule has 2 heterocycles. The van der Waals surface area contributed by atoms with E-state index in [0.29, 0.717) is 18.7 Å². The molecule has 6 heteroatoms. The molecule has 0 saturated carbocycles. The molecule has 23 heavy (non-hydrogen) atoms. The molecule has 1 aliphatic rings. The molecule has 1 aliphatic heterocycles. The fourth-order valence-electron chi connectivity index (χ4n) is 2.77. The lowest BCUT2D eigenvalue weighted by Crippen LogP contribution is -2.38. The number of hydroxylamine groups is 2. The zero-order valence-electron chi connectivity index (χ0n) is 12.7. The van der Waals surface area contributed by atoms with Crippen molar-refractivity contribution in [2.75, 3.05) is 18.8 Å². The minimum Gasteiger partial charge on any atom is -0.394 e. The molecule has 120 valence electrons. The molecule has 0 amide bonds. The predicted octanol–water partition coefficient (Wildman–Crippen LogP) is 1.84. The number of aromatic nitrogens is 1. The highest BCUT2D eigenvalue weighted by atomic mass is 16.7. The van der Waals surface area contributed by atoms with E-state index in [1.807, 2.05) is 6.07 Å². The summed E-state index contributed by atoms with van der Waals surface area (Å²) in [5.41, 5.74) is 6.30. The van der Waals surface area contributed by atoms with E-state index < -0.39 is 0 Å². The Hall–Kier alpha value is -2.60. The molecule has 2 N–H and O–H groups in total. The smallest absolute Gasteiger partial charge is 0.357 e. The number of carbonyl (C=O) groups excluding carboxylic acids is 1. The lowest BCUT2D eigenvalue weighted by molar-refractivity contribution is -0.125. The summed E-state index contributed by atoms with van der Waals surface area (Å²) < 4.78 is 1.67. The SMILES string of the molecule is Nc1cccn(C2CCN(OC(=O)c3ccccc3)CC2)c1=O. The van der Waals surface area contributed by atoms with Crippen molar-refractivity contribution < 1.29 is 9.63 Å².